The quantitative estimate of drug-likeness (QED) is 0.606. The van der Waals surface area contributed by atoms with Gasteiger partial charge in [0.15, 0.2) is 0 Å². The fourth-order valence-electron chi connectivity index (χ4n) is 2.72. The van der Waals surface area contributed by atoms with Crippen molar-refractivity contribution in [1.82, 2.24) is 0 Å². The SMILES string of the molecule is COC(=O)c1cccc(NC(=O)c2ccc(NC(=O)c3cccc(OC)c3)cc2)c1. The van der Waals surface area contributed by atoms with Crippen LogP contribution in [-0.4, -0.2) is 32.0 Å². The number of nitrogens with one attached hydrogen (secondary N) is 2. The normalized spacial score (nSPS) is 10.1. The van der Waals surface area contributed by atoms with Gasteiger partial charge in [-0.3, -0.25) is 9.59 Å². The fourth-order valence-corrected chi connectivity index (χ4v) is 2.72. The highest BCUT2D eigenvalue weighted by atomic mass is 16.5. The zero-order chi connectivity index (χ0) is 21.5. The van der Waals surface area contributed by atoms with Crippen LogP contribution in [0, 0.1) is 0 Å². The van der Waals surface area contributed by atoms with Gasteiger partial charge in [-0.2, -0.15) is 0 Å². The van der Waals surface area contributed by atoms with E-state index in [1.165, 1.54) is 20.3 Å². The van der Waals surface area contributed by atoms with Gasteiger partial charge >= 0.3 is 5.97 Å². The minimum absolute atomic E-state index is 0.286. The summed E-state index contributed by atoms with van der Waals surface area (Å²) in [7, 11) is 2.83. The molecule has 3 aromatic carbocycles. The maximum Gasteiger partial charge on any atom is 0.337 e. The molecular weight excluding hydrogens is 384 g/mol. The highest BCUT2D eigenvalue weighted by Gasteiger charge is 2.11. The molecule has 3 aromatic rings. The van der Waals surface area contributed by atoms with Gasteiger partial charge < -0.3 is 20.1 Å². The van der Waals surface area contributed by atoms with Crippen LogP contribution in [-0.2, 0) is 4.74 Å². The Kier molecular flexibility index (Phi) is 6.44. The molecule has 0 radical (unpaired) electrons. The Morgan fingerprint density at radius 3 is 2.00 bits per heavy atom. The molecule has 0 spiro atoms. The van der Waals surface area contributed by atoms with Crippen LogP contribution in [0.15, 0.2) is 72.8 Å². The lowest BCUT2D eigenvalue weighted by molar-refractivity contribution is 0.0600. The van der Waals surface area contributed by atoms with E-state index in [1.54, 1.807) is 66.7 Å². The van der Waals surface area contributed by atoms with Crippen molar-refractivity contribution in [3.63, 3.8) is 0 Å². The first-order chi connectivity index (χ1) is 14.5. The first-order valence-corrected chi connectivity index (χ1v) is 9.05. The summed E-state index contributed by atoms with van der Waals surface area (Å²) >= 11 is 0. The highest BCUT2D eigenvalue weighted by Crippen LogP contribution is 2.17. The smallest absolute Gasteiger partial charge is 0.337 e. The number of benzene rings is 3. The predicted molar refractivity (Wildman–Crippen MR) is 113 cm³/mol. The van der Waals surface area contributed by atoms with E-state index in [0.717, 1.165) is 0 Å². The van der Waals surface area contributed by atoms with E-state index < -0.39 is 5.97 Å². The van der Waals surface area contributed by atoms with Crippen LogP contribution in [0.3, 0.4) is 0 Å². The molecule has 3 rings (SSSR count). The number of hydrogen-bond acceptors (Lipinski definition) is 5. The Labute approximate surface area is 173 Å². The van der Waals surface area contributed by atoms with Crippen molar-refractivity contribution in [1.29, 1.82) is 0 Å². The molecule has 0 atom stereocenters. The van der Waals surface area contributed by atoms with Gasteiger partial charge in [-0.25, -0.2) is 4.79 Å². The van der Waals surface area contributed by atoms with Crippen LogP contribution in [0.5, 0.6) is 5.75 Å². The molecule has 0 saturated carbocycles. The molecule has 2 N–H and O–H groups in total. The Morgan fingerprint density at radius 2 is 1.30 bits per heavy atom. The number of carbonyl (C=O) groups excluding carboxylic acids is 3. The van der Waals surface area contributed by atoms with Crippen molar-refractivity contribution in [3.8, 4) is 5.75 Å². The predicted octanol–water partition coefficient (Wildman–Crippen LogP) is 3.99. The van der Waals surface area contributed by atoms with Crippen molar-refractivity contribution < 1.29 is 23.9 Å². The molecule has 0 unspecified atom stereocenters. The fraction of sp³-hybridized carbons (Fsp3) is 0.0870. The van der Waals surface area contributed by atoms with Gasteiger partial charge in [0.05, 0.1) is 19.8 Å². The lowest BCUT2D eigenvalue weighted by Gasteiger charge is -2.09. The number of amides is 2. The number of ether oxygens (including phenoxy) is 2. The third-order valence-electron chi connectivity index (χ3n) is 4.28. The minimum atomic E-state index is -0.484. The molecule has 0 saturated heterocycles. The van der Waals surface area contributed by atoms with E-state index in [9.17, 15) is 14.4 Å². The zero-order valence-electron chi connectivity index (χ0n) is 16.5. The minimum Gasteiger partial charge on any atom is -0.497 e. The van der Waals surface area contributed by atoms with Crippen molar-refractivity contribution in [3.05, 3.63) is 89.5 Å². The third-order valence-corrected chi connectivity index (χ3v) is 4.28. The van der Waals surface area contributed by atoms with Gasteiger partial charge in [-0.1, -0.05) is 12.1 Å². The lowest BCUT2D eigenvalue weighted by atomic mass is 10.1. The number of methoxy groups -OCH3 is 2. The van der Waals surface area contributed by atoms with Gasteiger partial charge in [-0.05, 0) is 60.7 Å². The molecule has 152 valence electrons. The summed E-state index contributed by atoms with van der Waals surface area (Å²) in [6.45, 7) is 0. The number of carbonyl (C=O) groups is 3. The third kappa shape index (κ3) is 5.02. The summed E-state index contributed by atoms with van der Waals surface area (Å²) in [6, 6.07) is 19.7. The number of esters is 1. The number of anilines is 2. The van der Waals surface area contributed by atoms with E-state index in [1.807, 2.05) is 0 Å². The van der Waals surface area contributed by atoms with Crippen LogP contribution >= 0.6 is 0 Å². The van der Waals surface area contributed by atoms with Crippen LogP contribution in [0.25, 0.3) is 0 Å². The first-order valence-electron chi connectivity index (χ1n) is 9.05. The first kappa shape index (κ1) is 20.6. The molecule has 0 aromatic heterocycles. The standard InChI is InChI=1S/C23H20N2O5/c1-29-20-8-4-5-16(14-20)22(27)24-18-11-9-15(10-12-18)21(26)25-19-7-3-6-17(13-19)23(28)30-2/h3-14H,1-2H3,(H,24,27)(H,25,26). The number of hydrogen-bond donors (Lipinski definition) is 2. The summed E-state index contributed by atoms with van der Waals surface area (Å²) in [5, 5.41) is 5.50. The van der Waals surface area contributed by atoms with Crippen LogP contribution < -0.4 is 15.4 Å². The highest BCUT2D eigenvalue weighted by molar-refractivity contribution is 6.06. The van der Waals surface area contributed by atoms with E-state index in [4.69, 9.17) is 4.74 Å². The van der Waals surface area contributed by atoms with Crippen LogP contribution in [0.4, 0.5) is 11.4 Å². The van der Waals surface area contributed by atoms with Crippen molar-refractivity contribution in [2.45, 2.75) is 0 Å². The van der Waals surface area contributed by atoms with E-state index in [-0.39, 0.29) is 11.8 Å². The molecule has 7 nitrogen and oxygen atoms in total. The summed E-state index contributed by atoms with van der Waals surface area (Å²) in [4.78, 5) is 36.4. The lowest BCUT2D eigenvalue weighted by Crippen LogP contribution is -2.14. The van der Waals surface area contributed by atoms with Crippen molar-refractivity contribution >= 4 is 29.2 Å². The largest absolute Gasteiger partial charge is 0.497 e. The zero-order valence-corrected chi connectivity index (χ0v) is 16.5. The summed E-state index contributed by atoms with van der Waals surface area (Å²) in [5.74, 6) is -0.526. The van der Waals surface area contributed by atoms with Gasteiger partial charge in [-0.15, -0.1) is 0 Å². The van der Waals surface area contributed by atoms with Gasteiger partial charge in [0.1, 0.15) is 5.75 Å². The maximum atomic E-state index is 12.5. The Bertz CT molecular complexity index is 1080. The Morgan fingerprint density at radius 1 is 0.667 bits per heavy atom. The monoisotopic (exact) mass is 404 g/mol. The van der Waals surface area contributed by atoms with E-state index >= 15 is 0 Å². The van der Waals surface area contributed by atoms with Crippen LogP contribution in [0.2, 0.25) is 0 Å². The summed E-state index contributed by atoms with van der Waals surface area (Å²) < 4.78 is 9.80. The molecule has 0 bridgehead atoms. The summed E-state index contributed by atoms with van der Waals surface area (Å²) in [6.07, 6.45) is 0. The van der Waals surface area contributed by atoms with Gasteiger partial charge in [0.2, 0.25) is 0 Å². The second-order valence-corrected chi connectivity index (χ2v) is 6.29. The van der Waals surface area contributed by atoms with Gasteiger partial charge in [0.25, 0.3) is 11.8 Å². The Hall–Kier alpha value is -4.13. The second-order valence-electron chi connectivity index (χ2n) is 6.29. The second kappa shape index (κ2) is 9.38. The van der Waals surface area contributed by atoms with E-state index in [0.29, 0.717) is 33.8 Å². The summed E-state index contributed by atoms with van der Waals surface area (Å²) in [5.41, 5.74) is 2.22. The molecule has 2 amide bonds. The van der Waals surface area contributed by atoms with Crippen molar-refractivity contribution in [2.24, 2.45) is 0 Å². The molecule has 0 aliphatic carbocycles. The number of rotatable bonds is 6. The molecule has 0 aliphatic rings. The van der Waals surface area contributed by atoms with E-state index in [2.05, 4.69) is 15.4 Å². The average molecular weight is 404 g/mol. The van der Waals surface area contributed by atoms with Gasteiger partial charge in [0, 0.05) is 22.5 Å². The average Bonchev–Trinajstić information content (AvgIpc) is 2.79. The molecule has 30 heavy (non-hydrogen) atoms. The molecule has 7 heteroatoms. The molecule has 0 fully saturated rings. The topological polar surface area (TPSA) is 93.7 Å². The molecular formula is C23H20N2O5. The molecule has 0 heterocycles. The Balaban J connectivity index is 1.65. The molecule has 0 aliphatic heterocycles. The van der Waals surface area contributed by atoms with Crippen LogP contribution in [0.1, 0.15) is 31.1 Å². The van der Waals surface area contributed by atoms with Crippen molar-refractivity contribution in [2.75, 3.05) is 24.9 Å². The maximum absolute atomic E-state index is 12.5.